The molecule has 7 nitrogen and oxygen atoms in total. The highest BCUT2D eigenvalue weighted by atomic mass is 35.5. The van der Waals surface area contributed by atoms with Gasteiger partial charge in [0.25, 0.3) is 5.91 Å². The fourth-order valence-corrected chi connectivity index (χ4v) is 5.78. The fourth-order valence-electron chi connectivity index (χ4n) is 5.07. The summed E-state index contributed by atoms with van der Waals surface area (Å²) in [5.74, 6) is 1.80. The van der Waals surface area contributed by atoms with Crippen molar-refractivity contribution in [1.82, 2.24) is 19.7 Å². The maximum absolute atomic E-state index is 13.5. The van der Waals surface area contributed by atoms with Crippen LogP contribution in [0.3, 0.4) is 0 Å². The SMILES string of the molecule is CCC(Nc1cccc(SNC(=O)c2ccc(C(C)(C)C)nc2N2CC(C)CC2(C)C)n1)c1ccc(Cl)cn1. The third-order valence-electron chi connectivity index (χ3n) is 7.03. The largest absolute Gasteiger partial charge is 0.362 e. The molecule has 2 N–H and O–H groups in total. The number of amides is 1. The number of nitrogens with one attached hydrogen (secondary N) is 2. The Bertz CT molecular complexity index is 1310. The molecule has 2 atom stereocenters. The molecule has 1 aliphatic rings. The first kappa shape index (κ1) is 29.2. The lowest BCUT2D eigenvalue weighted by molar-refractivity contribution is 0.0984. The van der Waals surface area contributed by atoms with E-state index in [1.54, 1.807) is 6.20 Å². The van der Waals surface area contributed by atoms with Crippen molar-refractivity contribution < 1.29 is 4.79 Å². The minimum absolute atomic E-state index is 0.00854. The number of hydrogen-bond donors (Lipinski definition) is 2. The zero-order valence-electron chi connectivity index (χ0n) is 23.9. The van der Waals surface area contributed by atoms with E-state index in [0.717, 1.165) is 36.6 Å². The molecule has 9 heteroatoms. The van der Waals surface area contributed by atoms with Crippen LogP contribution in [0.5, 0.6) is 0 Å². The predicted octanol–water partition coefficient (Wildman–Crippen LogP) is 7.45. The number of halogens is 1. The van der Waals surface area contributed by atoms with Crippen LogP contribution in [0.1, 0.15) is 89.1 Å². The fraction of sp³-hybridized carbons (Fsp3) is 0.467. The van der Waals surface area contributed by atoms with Gasteiger partial charge in [-0.1, -0.05) is 52.3 Å². The van der Waals surface area contributed by atoms with Crippen molar-refractivity contribution in [3.63, 3.8) is 0 Å². The van der Waals surface area contributed by atoms with Crippen molar-refractivity contribution in [1.29, 1.82) is 0 Å². The van der Waals surface area contributed by atoms with Gasteiger partial charge in [0.1, 0.15) is 16.7 Å². The zero-order valence-corrected chi connectivity index (χ0v) is 25.5. The molecule has 0 radical (unpaired) electrons. The van der Waals surface area contributed by atoms with Gasteiger partial charge in [0.05, 0.1) is 22.3 Å². The molecule has 0 aromatic carbocycles. The van der Waals surface area contributed by atoms with E-state index in [0.29, 0.717) is 27.3 Å². The third kappa shape index (κ3) is 7.03. The second kappa shape index (κ2) is 11.7. The Balaban J connectivity index is 1.52. The van der Waals surface area contributed by atoms with Crippen LogP contribution in [0.2, 0.25) is 5.02 Å². The second-order valence-corrected chi connectivity index (χ2v) is 13.2. The summed E-state index contributed by atoms with van der Waals surface area (Å²) >= 11 is 7.20. The predicted molar refractivity (Wildman–Crippen MR) is 162 cm³/mol. The van der Waals surface area contributed by atoms with Crippen molar-refractivity contribution in [2.75, 3.05) is 16.8 Å². The Labute approximate surface area is 241 Å². The van der Waals surface area contributed by atoms with E-state index in [1.165, 1.54) is 11.9 Å². The van der Waals surface area contributed by atoms with Crippen molar-refractivity contribution in [2.24, 2.45) is 5.92 Å². The topological polar surface area (TPSA) is 83.0 Å². The Hall–Kier alpha value is -2.84. The smallest absolute Gasteiger partial charge is 0.265 e. The van der Waals surface area contributed by atoms with Crippen molar-refractivity contribution in [3.8, 4) is 0 Å². The van der Waals surface area contributed by atoms with E-state index < -0.39 is 0 Å². The number of nitrogens with zero attached hydrogens (tertiary/aromatic N) is 4. The van der Waals surface area contributed by atoms with Crippen molar-refractivity contribution in [2.45, 2.75) is 83.3 Å². The Morgan fingerprint density at radius 3 is 2.56 bits per heavy atom. The van der Waals surface area contributed by atoms with Crippen molar-refractivity contribution in [3.05, 3.63) is 70.6 Å². The molecule has 39 heavy (non-hydrogen) atoms. The van der Waals surface area contributed by atoms with Crippen LogP contribution in [-0.4, -0.2) is 32.9 Å². The van der Waals surface area contributed by atoms with E-state index in [1.807, 2.05) is 42.5 Å². The van der Waals surface area contributed by atoms with Gasteiger partial charge in [0, 0.05) is 41.3 Å². The van der Waals surface area contributed by atoms with Crippen molar-refractivity contribution >= 4 is 41.1 Å². The molecule has 1 fully saturated rings. The highest BCUT2D eigenvalue weighted by molar-refractivity contribution is 7.97. The Morgan fingerprint density at radius 2 is 1.95 bits per heavy atom. The monoisotopic (exact) mass is 566 g/mol. The van der Waals surface area contributed by atoms with Gasteiger partial charge in [-0.15, -0.1) is 0 Å². The molecule has 1 saturated heterocycles. The molecular weight excluding hydrogens is 528 g/mol. The molecule has 0 spiro atoms. The highest BCUT2D eigenvalue weighted by Crippen LogP contribution is 2.38. The number of carbonyl (C=O) groups is 1. The quantitative estimate of drug-likeness (QED) is 0.274. The number of pyridine rings is 3. The van der Waals surface area contributed by atoms with E-state index in [9.17, 15) is 4.79 Å². The van der Waals surface area contributed by atoms with Crippen LogP contribution in [0, 0.1) is 5.92 Å². The van der Waals surface area contributed by atoms with E-state index >= 15 is 0 Å². The van der Waals surface area contributed by atoms with Gasteiger partial charge in [0.2, 0.25) is 0 Å². The molecule has 1 amide bonds. The zero-order chi connectivity index (χ0) is 28.4. The van der Waals surface area contributed by atoms with E-state index in [-0.39, 0.29) is 22.9 Å². The molecule has 4 heterocycles. The molecule has 208 valence electrons. The first-order valence-electron chi connectivity index (χ1n) is 13.5. The van der Waals surface area contributed by atoms with Crippen LogP contribution in [0.25, 0.3) is 0 Å². The number of anilines is 2. The molecule has 3 aromatic rings. The maximum atomic E-state index is 13.5. The standard InChI is InChI=1S/C30H39ClN6OS/c1-8-22(23-14-12-20(31)17-32-23)33-25-10-9-11-26(35-25)39-36-28(38)21-13-15-24(29(3,4)5)34-27(21)37-18-19(2)16-30(37,6)7/h9-15,17,19,22H,8,16,18H2,1-7H3,(H,33,35)(H,36,38). The van der Waals surface area contributed by atoms with Crippen LogP contribution in [0.15, 0.2) is 53.7 Å². The summed E-state index contributed by atoms with van der Waals surface area (Å²) < 4.78 is 3.00. The van der Waals surface area contributed by atoms with Crippen LogP contribution < -0.4 is 14.9 Å². The number of aromatic nitrogens is 3. The minimum Gasteiger partial charge on any atom is -0.362 e. The molecule has 2 unspecified atom stereocenters. The van der Waals surface area contributed by atoms with Gasteiger partial charge < -0.3 is 10.2 Å². The molecular formula is C30H39ClN6OS. The summed E-state index contributed by atoms with van der Waals surface area (Å²) in [5.41, 5.74) is 2.24. The molecule has 0 aliphatic carbocycles. The molecule has 0 saturated carbocycles. The molecule has 4 rings (SSSR count). The first-order valence-corrected chi connectivity index (χ1v) is 14.7. The molecule has 1 aliphatic heterocycles. The lowest BCUT2D eigenvalue weighted by atomic mass is 9.91. The summed E-state index contributed by atoms with van der Waals surface area (Å²) in [5, 5.41) is 4.73. The summed E-state index contributed by atoms with van der Waals surface area (Å²) in [7, 11) is 0. The maximum Gasteiger partial charge on any atom is 0.265 e. The van der Waals surface area contributed by atoms with Crippen LogP contribution in [0.4, 0.5) is 11.6 Å². The lowest BCUT2D eigenvalue weighted by Crippen LogP contribution is -2.40. The van der Waals surface area contributed by atoms with E-state index in [2.05, 4.69) is 68.4 Å². The van der Waals surface area contributed by atoms with E-state index in [4.69, 9.17) is 21.6 Å². The van der Waals surface area contributed by atoms with Gasteiger partial charge in [-0.2, -0.15) is 0 Å². The molecule has 0 bridgehead atoms. The van der Waals surface area contributed by atoms with Gasteiger partial charge in [-0.05, 0) is 69.0 Å². The highest BCUT2D eigenvalue weighted by Gasteiger charge is 2.39. The van der Waals surface area contributed by atoms with Gasteiger partial charge in [-0.3, -0.25) is 14.5 Å². The van der Waals surface area contributed by atoms with Crippen LogP contribution >= 0.6 is 23.5 Å². The summed E-state index contributed by atoms with van der Waals surface area (Å²) in [6.45, 7) is 16.1. The second-order valence-electron chi connectivity index (χ2n) is 12.0. The average Bonchev–Trinajstić information content (AvgIpc) is 3.17. The Morgan fingerprint density at radius 1 is 1.18 bits per heavy atom. The van der Waals surface area contributed by atoms with Gasteiger partial charge in [-0.25, -0.2) is 9.97 Å². The summed E-state index contributed by atoms with van der Waals surface area (Å²) in [4.78, 5) is 30.0. The molecule has 3 aromatic heterocycles. The summed E-state index contributed by atoms with van der Waals surface area (Å²) in [6, 6.07) is 13.3. The average molecular weight is 567 g/mol. The lowest BCUT2D eigenvalue weighted by Gasteiger charge is -2.34. The third-order valence-corrected chi connectivity index (χ3v) is 7.97. The minimum atomic E-state index is -0.185. The Kier molecular flexibility index (Phi) is 8.76. The first-order chi connectivity index (χ1) is 18.4. The number of rotatable bonds is 8. The number of hydrogen-bond acceptors (Lipinski definition) is 7. The normalized spacial score (nSPS) is 17.6. The van der Waals surface area contributed by atoms with Gasteiger partial charge >= 0.3 is 0 Å². The van der Waals surface area contributed by atoms with Crippen LogP contribution in [-0.2, 0) is 5.41 Å². The number of carbonyl (C=O) groups excluding carboxylic acids is 1. The van der Waals surface area contributed by atoms with Gasteiger partial charge in [0.15, 0.2) is 0 Å². The summed E-state index contributed by atoms with van der Waals surface area (Å²) in [6.07, 6.45) is 3.53.